The van der Waals surface area contributed by atoms with Crippen molar-refractivity contribution < 1.29 is 4.79 Å². The molecule has 2 nitrogen and oxygen atoms in total. The predicted molar refractivity (Wildman–Crippen MR) is 28.6 cm³/mol. The first-order valence-corrected chi connectivity index (χ1v) is 2.31. The van der Waals surface area contributed by atoms with E-state index in [0.717, 1.165) is 18.9 Å². The van der Waals surface area contributed by atoms with Gasteiger partial charge in [0.25, 0.3) is 0 Å². The number of nitrogens with one attached hydrogen (secondary N) is 1. The summed E-state index contributed by atoms with van der Waals surface area (Å²) in [5, 5.41) is 6.60. The Labute approximate surface area is 43.0 Å². The molecule has 0 fully saturated rings. The van der Waals surface area contributed by atoms with Crippen LogP contribution >= 0.6 is 0 Å². The Bertz CT molecular complexity index is 62.5. The van der Waals surface area contributed by atoms with Crippen LogP contribution in [0.4, 0.5) is 0 Å². The third-order valence-electron chi connectivity index (χ3n) is 0.860. The van der Waals surface area contributed by atoms with Gasteiger partial charge >= 0.3 is 0 Å². The smallest absolute Gasteiger partial charge is 0.128 e. The SMILES string of the molecule is CCC(C=N)C=O. The number of rotatable bonds is 3. The van der Waals surface area contributed by atoms with Crippen molar-refractivity contribution in [3.63, 3.8) is 0 Å². The number of carbonyl (C=O) groups is 1. The van der Waals surface area contributed by atoms with Gasteiger partial charge in [-0.1, -0.05) is 6.92 Å². The van der Waals surface area contributed by atoms with E-state index in [0.29, 0.717) is 0 Å². The van der Waals surface area contributed by atoms with Crippen LogP contribution in [0.25, 0.3) is 0 Å². The fourth-order valence-electron chi connectivity index (χ4n) is 0.253. The van der Waals surface area contributed by atoms with Crippen molar-refractivity contribution in [1.82, 2.24) is 0 Å². The molecule has 0 aromatic carbocycles. The Kier molecular flexibility index (Phi) is 3.19. The van der Waals surface area contributed by atoms with Gasteiger partial charge in [0.2, 0.25) is 0 Å². The van der Waals surface area contributed by atoms with Crippen molar-refractivity contribution in [1.29, 1.82) is 5.41 Å². The third-order valence-corrected chi connectivity index (χ3v) is 0.860. The number of hydrogen-bond donors (Lipinski definition) is 1. The fourth-order valence-corrected chi connectivity index (χ4v) is 0.253. The van der Waals surface area contributed by atoms with E-state index in [1.807, 2.05) is 6.92 Å². The molecule has 0 saturated carbocycles. The molecule has 0 aromatic rings. The molecule has 0 rings (SSSR count). The lowest BCUT2D eigenvalue weighted by molar-refractivity contribution is -0.109. The number of aldehydes is 1. The second-order valence-electron chi connectivity index (χ2n) is 1.37. The Hall–Kier alpha value is -0.660. The lowest BCUT2D eigenvalue weighted by Gasteiger charge is -1.91. The van der Waals surface area contributed by atoms with Gasteiger partial charge in [-0.15, -0.1) is 0 Å². The zero-order valence-electron chi connectivity index (χ0n) is 4.35. The first kappa shape index (κ1) is 6.34. The van der Waals surface area contributed by atoms with Crippen LogP contribution in [0.5, 0.6) is 0 Å². The molecule has 0 bridgehead atoms. The monoisotopic (exact) mass is 99.1 g/mol. The van der Waals surface area contributed by atoms with Gasteiger partial charge in [-0.3, -0.25) is 0 Å². The molecule has 0 spiro atoms. The minimum Gasteiger partial charge on any atom is -0.312 e. The summed E-state index contributed by atoms with van der Waals surface area (Å²) in [7, 11) is 0. The van der Waals surface area contributed by atoms with Crippen LogP contribution in [0, 0.1) is 11.3 Å². The number of carbonyl (C=O) groups excluding carboxylic acids is 1. The first-order valence-electron chi connectivity index (χ1n) is 2.31. The van der Waals surface area contributed by atoms with Gasteiger partial charge < -0.3 is 10.2 Å². The molecule has 2 heteroatoms. The molecule has 0 aliphatic heterocycles. The summed E-state index contributed by atoms with van der Waals surface area (Å²) in [6.45, 7) is 1.88. The second kappa shape index (κ2) is 3.53. The van der Waals surface area contributed by atoms with E-state index in [-0.39, 0.29) is 5.92 Å². The molecule has 1 atom stereocenters. The Morgan fingerprint density at radius 3 is 2.43 bits per heavy atom. The van der Waals surface area contributed by atoms with Crippen LogP contribution in [0.3, 0.4) is 0 Å². The van der Waals surface area contributed by atoms with E-state index in [1.165, 1.54) is 0 Å². The maximum atomic E-state index is 9.82. The molecule has 1 N–H and O–H groups in total. The van der Waals surface area contributed by atoms with E-state index < -0.39 is 0 Å². The molecule has 1 unspecified atom stereocenters. The van der Waals surface area contributed by atoms with Crippen molar-refractivity contribution in [3.05, 3.63) is 0 Å². The van der Waals surface area contributed by atoms with Crippen molar-refractivity contribution >= 4 is 12.5 Å². The Balaban J connectivity index is 3.36. The molecule has 0 aliphatic carbocycles. The van der Waals surface area contributed by atoms with E-state index >= 15 is 0 Å². The molecule has 0 heterocycles. The molecule has 0 aromatic heterocycles. The van der Waals surface area contributed by atoms with Crippen molar-refractivity contribution in [2.75, 3.05) is 0 Å². The average Bonchev–Trinajstić information content (AvgIpc) is 1.72. The third kappa shape index (κ3) is 2.09. The highest BCUT2D eigenvalue weighted by Gasteiger charge is 1.94. The summed E-state index contributed by atoms with van der Waals surface area (Å²) in [4.78, 5) is 9.82. The predicted octanol–water partition coefficient (Wildman–Crippen LogP) is 0.861. The van der Waals surface area contributed by atoms with Gasteiger partial charge in [0.15, 0.2) is 0 Å². The quantitative estimate of drug-likeness (QED) is 0.413. The van der Waals surface area contributed by atoms with Gasteiger partial charge in [0.05, 0.1) is 0 Å². The fraction of sp³-hybridized carbons (Fsp3) is 0.600. The van der Waals surface area contributed by atoms with E-state index in [1.54, 1.807) is 0 Å². The molecule has 0 amide bonds. The van der Waals surface area contributed by atoms with Crippen LogP contribution in [-0.4, -0.2) is 12.5 Å². The maximum absolute atomic E-state index is 9.82. The first-order chi connectivity index (χ1) is 3.35. The van der Waals surface area contributed by atoms with E-state index in [4.69, 9.17) is 5.41 Å². The van der Waals surface area contributed by atoms with Crippen LogP contribution in [-0.2, 0) is 4.79 Å². The summed E-state index contributed by atoms with van der Waals surface area (Å²) in [5.41, 5.74) is 0. The van der Waals surface area contributed by atoms with Crippen LogP contribution in [0.15, 0.2) is 0 Å². The van der Waals surface area contributed by atoms with Gasteiger partial charge in [-0.05, 0) is 6.42 Å². The average molecular weight is 99.1 g/mol. The van der Waals surface area contributed by atoms with Gasteiger partial charge in [0.1, 0.15) is 6.29 Å². The molecule has 7 heavy (non-hydrogen) atoms. The molecule has 0 radical (unpaired) electrons. The second-order valence-corrected chi connectivity index (χ2v) is 1.37. The highest BCUT2D eigenvalue weighted by molar-refractivity contribution is 5.78. The molecular weight excluding hydrogens is 90.1 g/mol. The summed E-state index contributed by atoms with van der Waals surface area (Å²) in [6.07, 6.45) is 2.69. The lowest BCUT2D eigenvalue weighted by atomic mass is 10.1. The van der Waals surface area contributed by atoms with Gasteiger partial charge in [-0.2, -0.15) is 0 Å². The number of hydrogen-bond acceptors (Lipinski definition) is 2. The van der Waals surface area contributed by atoms with E-state index in [2.05, 4.69) is 0 Å². The van der Waals surface area contributed by atoms with Crippen molar-refractivity contribution in [2.24, 2.45) is 5.92 Å². The lowest BCUT2D eigenvalue weighted by Crippen LogP contribution is -1.98. The Morgan fingerprint density at radius 1 is 1.86 bits per heavy atom. The zero-order valence-corrected chi connectivity index (χ0v) is 4.35. The van der Waals surface area contributed by atoms with Crippen LogP contribution in [0.1, 0.15) is 13.3 Å². The van der Waals surface area contributed by atoms with Crippen molar-refractivity contribution in [2.45, 2.75) is 13.3 Å². The zero-order chi connectivity index (χ0) is 5.70. The van der Waals surface area contributed by atoms with Gasteiger partial charge in [-0.25, -0.2) is 0 Å². The normalized spacial score (nSPS) is 12.7. The van der Waals surface area contributed by atoms with Crippen molar-refractivity contribution in [3.8, 4) is 0 Å². The minimum atomic E-state index is -0.153. The van der Waals surface area contributed by atoms with E-state index in [9.17, 15) is 4.79 Å². The Morgan fingerprint density at radius 2 is 2.43 bits per heavy atom. The summed E-state index contributed by atoms with van der Waals surface area (Å²) < 4.78 is 0. The summed E-state index contributed by atoms with van der Waals surface area (Å²) in [6, 6.07) is 0. The summed E-state index contributed by atoms with van der Waals surface area (Å²) in [5.74, 6) is -0.153. The van der Waals surface area contributed by atoms with Crippen LogP contribution in [0.2, 0.25) is 0 Å². The maximum Gasteiger partial charge on any atom is 0.128 e. The standard InChI is InChI=1S/C5H9NO/c1-2-5(3-6)4-7/h3-6H,2H2,1H3. The van der Waals surface area contributed by atoms with Gasteiger partial charge in [0, 0.05) is 12.1 Å². The molecular formula is C5H9NO. The topological polar surface area (TPSA) is 40.9 Å². The van der Waals surface area contributed by atoms with Crippen LogP contribution < -0.4 is 0 Å². The summed E-state index contributed by atoms with van der Waals surface area (Å²) >= 11 is 0. The minimum absolute atomic E-state index is 0.153. The molecule has 40 valence electrons. The molecule has 0 aliphatic rings. The largest absolute Gasteiger partial charge is 0.312 e. The molecule has 0 saturated heterocycles. The highest BCUT2D eigenvalue weighted by Crippen LogP contribution is 1.90. The highest BCUT2D eigenvalue weighted by atomic mass is 16.1.